The lowest BCUT2D eigenvalue weighted by Crippen LogP contribution is -2.58. The number of hydrogen-bond donors (Lipinski definition) is 1. The molecule has 3 heterocycles. The maximum absolute atomic E-state index is 13.8. The highest BCUT2D eigenvalue weighted by atomic mass is 32.2. The van der Waals surface area contributed by atoms with Crippen molar-refractivity contribution in [3.05, 3.63) is 0 Å². The minimum Gasteiger partial charge on any atom is -0.467 e. The molecule has 3 atom stereocenters. The molecule has 0 saturated carbocycles. The number of fused-ring (bicyclic) bond motifs is 1. The molecule has 0 unspecified atom stereocenters. The van der Waals surface area contributed by atoms with Crippen LogP contribution in [-0.4, -0.2) is 97.1 Å². The quantitative estimate of drug-likeness (QED) is 0.287. The van der Waals surface area contributed by atoms with Crippen molar-refractivity contribution in [1.29, 1.82) is 0 Å². The van der Waals surface area contributed by atoms with Crippen LogP contribution in [0.3, 0.4) is 0 Å². The Morgan fingerprint density at radius 3 is 2.38 bits per heavy atom. The van der Waals surface area contributed by atoms with Crippen LogP contribution in [0.2, 0.25) is 25.7 Å². The summed E-state index contributed by atoms with van der Waals surface area (Å²) in [4.78, 5) is 54.9. The molecule has 0 bridgehead atoms. The fourth-order valence-electron chi connectivity index (χ4n) is 5.12. The van der Waals surface area contributed by atoms with E-state index in [1.165, 1.54) is 18.9 Å². The van der Waals surface area contributed by atoms with E-state index in [-0.39, 0.29) is 23.3 Å². The van der Waals surface area contributed by atoms with Crippen molar-refractivity contribution in [3.8, 4) is 0 Å². The fourth-order valence-corrected chi connectivity index (χ4v) is 7.34. The number of nitrogens with one attached hydrogen (secondary N) is 1. The van der Waals surface area contributed by atoms with E-state index in [1.54, 1.807) is 30.6 Å². The molecule has 0 aliphatic carbocycles. The normalized spacial score (nSPS) is 26.6. The second-order valence-corrected chi connectivity index (χ2v) is 19.3. The number of hydrogen-bond acceptors (Lipinski definition) is 8. The monoisotopic (exact) mass is 557 g/mol. The van der Waals surface area contributed by atoms with E-state index in [9.17, 15) is 19.2 Å². The van der Waals surface area contributed by atoms with Crippen LogP contribution in [0.25, 0.3) is 0 Å². The van der Waals surface area contributed by atoms with Crippen LogP contribution in [0.5, 0.6) is 0 Å². The van der Waals surface area contributed by atoms with Crippen LogP contribution in [0.15, 0.2) is 0 Å². The first kappa shape index (κ1) is 29.6. The number of carbonyl (C=O) groups excluding carboxylic acids is 4. The van der Waals surface area contributed by atoms with Gasteiger partial charge in [0.15, 0.2) is 0 Å². The van der Waals surface area contributed by atoms with Crippen molar-refractivity contribution in [1.82, 2.24) is 15.1 Å². The van der Waals surface area contributed by atoms with Gasteiger partial charge < -0.3 is 29.3 Å². The van der Waals surface area contributed by atoms with Gasteiger partial charge in [-0.25, -0.2) is 14.4 Å². The van der Waals surface area contributed by atoms with Crippen molar-refractivity contribution in [2.24, 2.45) is 5.92 Å². The van der Waals surface area contributed by atoms with E-state index in [0.29, 0.717) is 51.1 Å². The van der Waals surface area contributed by atoms with Gasteiger partial charge in [-0.15, -0.1) is 11.8 Å². The zero-order chi connectivity index (χ0) is 27.6. The van der Waals surface area contributed by atoms with Gasteiger partial charge in [-0.1, -0.05) is 19.6 Å². The molecule has 0 aromatic rings. The summed E-state index contributed by atoms with van der Waals surface area (Å²) in [5, 5.41) is 2.69. The SMILES string of the molecule is COC(=O)[C@@H]1CS[C@H]2C[C@@](CC3CCN(C(=O)OCC[Si](C)(C)C)CC3)(NC(=O)OC(C)(C)C)C(=O)N21. The molecule has 3 aliphatic rings. The van der Waals surface area contributed by atoms with Gasteiger partial charge in [0, 0.05) is 33.3 Å². The Balaban J connectivity index is 1.68. The molecule has 0 radical (unpaired) electrons. The summed E-state index contributed by atoms with van der Waals surface area (Å²) in [5.41, 5.74) is -1.88. The minimum absolute atomic E-state index is 0.117. The first-order valence-electron chi connectivity index (χ1n) is 13.1. The smallest absolute Gasteiger partial charge is 0.409 e. The fraction of sp³-hybridized carbons (Fsp3) is 0.840. The molecular formula is C25H43N3O7SSi. The van der Waals surface area contributed by atoms with Crippen LogP contribution in [0.4, 0.5) is 9.59 Å². The van der Waals surface area contributed by atoms with E-state index in [2.05, 4.69) is 25.0 Å². The average Bonchev–Trinajstić information content (AvgIpc) is 3.29. The van der Waals surface area contributed by atoms with E-state index in [0.717, 1.165) is 6.04 Å². The molecule has 3 aliphatic heterocycles. The average molecular weight is 558 g/mol. The number of rotatable bonds is 7. The van der Waals surface area contributed by atoms with E-state index in [1.807, 2.05) is 0 Å². The van der Waals surface area contributed by atoms with Gasteiger partial charge in [-0.3, -0.25) is 4.79 Å². The molecule has 210 valence electrons. The van der Waals surface area contributed by atoms with Crippen LogP contribution in [-0.2, 0) is 23.8 Å². The number of ether oxygens (including phenoxy) is 3. The molecule has 12 heteroatoms. The third kappa shape index (κ3) is 7.55. The van der Waals surface area contributed by atoms with Crippen LogP contribution >= 0.6 is 11.8 Å². The molecule has 3 rings (SSSR count). The molecule has 3 fully saturated rings. The number of nitrogens with zero attached hydrogens (tertiary/aromatic N) is 2. The van der Waals surface area contributed by atoms with Gasteiger partial charge in [0.1, 0.15) is 17.2 Å². The number of piperidine rings is 1. The highest BCUT2D eigenvalue weighted by Gasteiger charge is 2.59. The van der Waals surface area contributed by atoms with E-state index in [4.69, 9.17) is 14.2 Å². The van der Waals surface area contributed by atoms with Gasteiger partial charge in [0.2, 0.25) is 5.91 Å². The summed E-state index contributed by atoms with van der Waals surface area (Å²) >= 11 is 1.53. The molecule has 3 saturated heterocycles. The Labute approximate surface area is 225 Å². The molecule has 3 amide bonds. The zero-order valence-corrected chi connectivity index (χ0v) is 25.1. The summed E-state index contributed by atoms with van der Waals surface area (Å²) in [7, 11) is 0.0357. The predicted octanol–water partition coefficient (Wildman–Crippen LogP) is 3.67. The van der Waals surface area contributed by atoms with Crippen LogP contribution in [0, 0.1) is 5.92 Å². The van der Waals surface area contributed by atoms with Crippen LogP contribution < -0.4 is 5.32 Å². The second kappa shape index (κ2) is 11.4. The number of likely N-dealkylation sites (tertiary alicyclic amines) is 1. The topological polar surface area (TPSA) is 114 Å². The van der Waals surface area contributed by atoms with E-state index >= 15 is 0 Å². The minimum atomic E-state index is -1.28. The predicted molar refractivity (Wildman–Crippen MR) is 144 cm³/mol. The van der Waals surface area contributed by atoms with Crippen LogP contribution in [0.1, 0.15) is 46.5 Å². The number of carbonyl (C=O) groups is 4. The first-order chi connectivity index (χ1) is 17.1. The number of thioether (sulfide) groups is 1. The third-order valence-electron chi connectivity index (χ3n) is 7.06. The molecule has 10 nitrogen and oxygen atoms in total. The summed E-state index contributed by atoms with van der Waals surface area (Å²) in [6.45, 7) is 13.6. The van der Waals surface area contributed by atoms with Crippen molar-refractivity contribution >= 4 is 43.9 Å². The number of esters is 1. The second-order valence-electron chi connectivity index (χ2n) is 12.5. The van der Waals surface area contributed by atoms with Gasteiger partial charge in [-0.05, 0) is 52.0 Å². The lowest BCUT2D eigenvalue weighted by molar-refractivity contribution is -0.151. The van der Waals surface area contributed by atoms with Gasteiger partial charge >= 0.3 is 18.2 Å². The highest BCUT2D eigenvalue weighted by molar-refractivity contribution is 8.00. The lowest BCUT2D eigenvalue weighted by Gasteiger charge is -2.37. The standard InChI is InChI=1S/C25H43N3O7SSi/c1-24(2,3)35-22(31)26-25(15-19-28(21(25)30)18(16-36-19)20(29)33-4)14-17-8-10-27(11-9-17)23(32)34-12-13-37(5,6)7/h17-19H,8-16H2,1-7H3,(H,26,31)/t18-,19-,25+/m0/s1. The van der Waals surface area contributed by atoms with Crippen molar-refractivity contribution in [3.63, 3.8) is 0 Å². The summed E-state index contributed by atoms with van der Waals surface area (Å²) < 4.78 is 15.9. The molecule has 0 aromatic carbocycles. The Kier molecular flexibility index (Phi) is 9.14. The van der Waals surface area contributed by atoms with Gasteiger partial charge in [0.05, 0.1) is 19.1 Å². The summed E-state index contributed by atoms with van der Waals surface area (Å²) in [6.07, 6.45) is 1.28. The molecule has 1 N–H and O–H groups in total. The van der Waals surface area contributed by atoms with E-state index < -0.39 is 37.3 Å². The number of methoxy groups -OCH3 is 1. The zero-order valence-electron chi connectivity index (χ0n) is 23.3. The van der Waals surface area contributed by atoms with Crippen molar-refractivity contribution in [2.45, 2.75) is 94.7 Å². The Morgan fingerprint density at radius 2 is 1.81 bits per heavy atom. The van der Waals surface area contributed by atoms with Crippen molar-refractivity contribution in [2.75, 3.05) is 32.6 Å². The Hall–Kier alpha value is -1.95. The molecule has 0 spiro atoms. The maximum Gasteiger partial charge on any atom is 0.409 e. The first-order valence-corrected chi connectivity index (χ1v) is 17.8. The number of alkyl carbamates (subject to hydrolysis) is 1. The summed E-state index contributed by atoms with van der Waals surface area (Å²) in [6, 6.07) is 0.265. The Bertz CT molecular complexity index is 882. The molecule has 37 heavy (non-hydrogen) atoms. The Morgan fingerprint density at radius 1 is 1.16 bits per heavy atom. The highest BCUT2D eigenvalue weighted by Crippen LogP contribution is 2.46. The maximum atomic E-state index is 13.8. The lowest BCUT2D eigenvalue weighted by atomic mass is 9.81. The molecule has 0 aromatic heterocycles. The summed E-state index contributed by atoms with van der Waals surface area (Å²) in [5.74, 6) is -0.120. The van der Waals surface area contributed by atoms with Gasteiger partial charge in [0.25, 0.3) is 0 Å². The van der Waals surface area contributed by atoms with Gasteiger partial charge in [-0.2, -0.15) is 0 Å². The largest absolute Gasteiger partial charge is 0.467 e. The van der Waals surface area contributed by atoms with Crippen molar-refractivity contribution < 1.29 is 33.4 Å². The molecular weight excluding hydrogens is 514 g/mol. The number of amides is 3. The third-order valence-corrected chi connectivity index (χ3v) is 10.1.